The van der Waals surface area contributed by atoms with Crippen LogP contribution in [0.3, 0.4) is 0 Å². The fourth-order valence-corrected chi connectivity index (χ4v) is 3.57. The number of amides is 3. The number of hydrogen-bond donors (Lipinski definition) is 4. The minimum atomic E-state index is -0.463. The van der Waals surface area contributed by atoms with Crippen LogP contribution in [0.4, 0.5) is 4.79 Å². The molecule has 2 aliphatic rings. The highest BCUT2D eigenvalue weighted by atomic mass is 16.5. The van der Waals surface area contributed by atoms with Crippen molar-refractivity contribution in [1.82, 2.24) is 16.0 Å². The summed E-state index contributed by atoms with van der Waals surface area (Å²) in [7, 11) is 0. The third-order valence-corrected chi connectivity index (χ3v) is 4.84. The average Bonchev–Trinajstić information content (AvgIpc) is 2.57. The maximum Gasteiger partial charge on any atom is 0.315 e. The molecule has 0 aromatic carbocycles. The Morgan fingerprint density at radius 3 is 2.50 bits per heavy atom. The molecular formula is C17H31N3O4. The van der Waals surface area contributed by atoms with Gasteiger partial charge in [0.15, 0.2) is 0 Å². The number of carbonyl (C=O) groups excluding carboxylic acids is 2. The quantitative estimate of drug-likeness (QED) is 0.580. The van der Waals surface area contributed by atoms with Crippen LogP contribution in [-0.4, -0.2) is 54.5 Å². The van der Waals surface area contributed by atoms with Crippen LogP contribution in [0.1, 0.15) is 58.3 Å². The first-order chi connectivity index (χ1) is 11.6. The number of carbonyl (C=O) groups is 2. The zero-order valence-corrected chi connectivity index (χ0v) is 14.6. The van der Waals surface area contributed by atoms with Crippen LogP contribution in [0, 0.1) is 0 Å². The van der Waals surface area contributed by atoms with Gasteiger partial charge in [0.2, 0.25) is 5.91 Å². The predicted molar refractivity (Wildman–Crippen MR) is 90.6 cm³/mol. The zero-order chi connectivity index (χ0) is 17.4. The predicted octanol–water partition coefficient (Wildman–Crippen LogP) is 1.05. The molecule has 0 bridgehead atoms. The van der Waals surface area contributed by atoms with Gasteiger partial charge in [0.25, 0.3) is 0 Å². The molecule has 0 aromatic rings. The number of hydrogen-bond acceptors (Lipinski definition) is 4. The largest absolute Gasteiger partial charge is 0.394 e. The van der Waals surface area contributed by atoms with E-state index < -0.39 is 6.10 Å². The van der Waals surface area contributed by atoms with Crippen molar-refractivity contribution in [2.24, 2.45) is 0 Å². The van der Waals surface area contributed by atoms with Gasteiger partial charge in [-0.05, 0) is 32.6 Å². The van der Waals surface area contributed by atoms with Gasteiger partial charge in [0, 0.05) is 12.6 Å². The Hall–Kier alpha value is -1.34. The molecule has 1 saturated carbocycles. The van der Waals surface area contributed by atoms with Crippen molar-refractivity contribution in [3.05, 3.63) is 0 Å². The van der Waals surface area contributed by atoms with Gasteiger partial charge in [-0.2, -0.15) is 0 Å². The topological polar surface area (TPSA) is 99.7 Å². The Morgan fingerprint density at radius 1 is 1.08 bits per heavy atom. The van der Waals surface area contributed by atoms with E-state index in [0.717, 1.165) is 25.7 Å². The van der Waals surface area contributed by atoms with Crippen molar-refractivity contribution < 1.29 is 19.4 Å². The summed E-state index contributed by atoms with van der Waals surface area (Å²) >= 11 is 0. The summed E-state index contributed by atoms with van der Waals surface area (Å²) in [5.41, 5.74) is 0. The highest BCUT2D eigenvalue weighted by molar-refractivity contribution is 5.76. The van der Waals surface area contributed by atoms with E-state index in [1.807, 2.05) is 6.92 Å². The van der Waals surface area contributed by atoms with E-state index in [2.05, 4.69) is 16.0 Å². The van der Waals surface area contributed by atoms with Crippen LogP contribution in [0.2, 0.25) is 0 Å². The van der Waals surface area contributed by atoms with Gasteiger partial charge in [-0.3, -0.25) is 4.79 Å². The molecule has 24 heavy (non-hydrogen) atoms. The second kappa shape index (κ2) is 9.84. The molecule has 1 heterocycles. The minimum absolute atomic E-state index is 0.0411. The molecule has 7 heteroatoms. The molecule has 7 nitrogen and oxygen atoms in total. The first kappa shape index (κ1) is 19.0. The molecule has 0 unspecified atom stereocenters. The van der Waals surface area contributed by atoms with Crippen LogP contribution in [0.25, 0.3) is 0 Å². The monoisotopic (exact) mass is 341 g/mol. The molecule has 0 aromatic heterocycles. The van der Waals surface area contributed by atoms with Crippen LogP contribution in [0.15, 0.2) is 0 Å². The Kier molecular flexibility index (Phi) is 7.78. The molecule has 1 aliphatic heterocycles. The molecule has 2 rings (SSSR count). The number of aliphatic hydroxyl groups is 1. The van der Waals surface area contributed by atoms with E-state index in [1.54, 1.807) is 0 Å². The molecule has 4 N–H and O–H groups in total. The average molecular weight is 341 g/mol. The lowest BCUT2D eigenvalue weighted by atomic mass is 9.95. The normalized spacial score (nSPS) is 28.2. The maximum atomic E-state index is 12.2. The lowest BCUT2D eigenvalue weighted by Gasteiger charge is -2.36. The Balaban J connectivity index is 1.76. The third-order valence-electron chi connectivity index (χ3n) is 4.84. The van der Waals surface area contributed by atoms with Crippen LogP contribution < -0.4 is 16.0 Å². The van der Waals surface area contributed by atoms with Gasteiger partial charge in [0.05, 0.1) is 25.2 Å². The van der Waals surface area contributed by atoms with E-state index in [1.165, 1.54) is 6.42 Å². The highest BCUT2D eigenvalue weighted by Crippen LogP contribution is 2.22. The molecule has 0 spiro atoms. The molecule has 2 fully saturated rings. The van der Waals surface area contributed by atoms with Crippen molar-refractivity contribution >= 4 is 11.9 Å². The minimum Gasteiger partial charge on any atom is -0.394 e. The highest BCUT2D eigenvalue weighted by Gasteiger charge is 2.33. The lowest BCUT2D eigenvalue weighted by molar-refractivity contribution is -0.130. The van der Waals surface area contributed by atoms with E-state index in [0.29, 0.717) is 25.8 Å². The number of aliphatic hydroxyl groups excluding tert-OH is 1. The summed E-state index contributed by atoms with van der Waals surface area (Å²) in [6.45, 7) is 2.31. The zero-order valence-electron chi connectivity index (χ0n) is 14.6. The fraction of sp³-hybridized carbons (Fsp3) is 0.882. The van der Waals surface area contributed by atoms with E-state index >= 15 is 0 Å². The molecule has 1 aliphatic carbocycles. The van der Waals surface area contributed by atoms with Gasteiger partial charge in [-0.25, -0.2) is 4.79 Å². The number of urea groups is 1. The van der Waals surface area contributed by atoms with Gasteiger partial charge in [0.1, 0.15) is 6.10 Å². The van der Waals surface area contributed by atoms with Crippen molar-refractivity contribution in [1.29, 1.82) is 0 Å². The number of ether oxygens (including phenoxy) is 1. The molecule has 0 radical (unpaired) electrons. The van der Waals surface area contributed by atoms with E-state index in [-0.39, 0.29) is 36.7 Å². The smallest absolute Gasteiger partial charge is 0.315 e. The Bertz CT molecular complexity index is 413. The maximum absolute atomic E-state index is 12.2. The van der Waals surface area contributed by atoms with E-state index in [9.17, 15) is 14.7 Å². The van der Waals surface area contributed by atoms with Crippen molar-refractivity contribution in [2.45, 2.75) is 82.6 Å². The van der Waals surface area contributed by atoms with Crippen LogP contribution in [0.5, 0.6) is 0 Å². The van der Waals surface area contributed by atoms with Crippen LogP contribution in [-0.2, 0) is 9.53 Å². The summed E-state index contributed by atoms with van der Waals surface area (Å²) in [6.07, 6.45) is 6.68. The van der Waals surface area contributed by atoms with Crippen LogP contribution >= 0.6 is 0 Å². The molecular weight excluding hydrogens is 310 g/mol. The van der Waals surface area contributed by atoms with Gasteiger partial charge in [-0.15, -0.1) is 0 Å². The lowest BCUT2D eigenvalue weighted by Crippen LogP contribution is -2.55. The summed E-state index contributed by atoms with van der Waals surface area (Å²) in [4.78, 5) is 23.8. The summed E-state index contributed by atoms with van der Waals surface area (Å²) < 4.78 is 5.80. The molecule has 3 atom stereocenters. The Morgan fingerprint density at radius 2 is 1.83 bits per heavy atom. The van der Waals surface area contributed by atoms with Gasteiger partial charge >= 0.3 is 6.03 Å². The standard InChI is InChI=1S/C17H31N3O4/c1-2-18-16(22)10-13-8-9-14(15(11-21)24-13)20-17(23)19-12-6-4-3-5-7-12/h12-15,21H,2-11H2,1H3,(H,18,22)(H2,19,20,23)/t13-,14-,15-/m0/s1. The first-order valence-corrected chi connectivity index (χ1v) is 9.22. The van der Waals surface area contributed by atoms with Gasteiger partial charge < -0.3 is 25.8 Å². The first-order valence-electron chi connectivity index (χ1n) is 9.22. The second-order valence-electron chi connectivity index (χ2n) is 6.77. The van der Waals surface area contributed by atoms with Crippen molar-refractivity contribution in [3.63, 3.8) is 0 Å². The number of nitrogens with one attached hydrogen (secondary N) is 3. The molecule has 3 amide bonds. The SMILES string of the molecule is CCNC(=O)C[C@@H]1CC[C@H](NC(=O)NC2CCCCC2)[C@H](CO)O1. The third kappa shape index (κ3) is 5.94. The molecule has 1 saturated heterocycles. The fourth-order valence-electron chi connectivity index (χ4n) is 3.57. The summed E-state index contributed by atoms with van der Waals surface area (Å²) in [5.74, 6) is -0.0411. The van der Waals surface area contributed by atoms with E-state index in [4.69, 9.17) is 4.74 Å². The van der Waals surface area contributed by atoms with Crippen molar-refractivity contribution in [3.8, 4) is 0 Å². The summed E-state index contributed by atoms with van der Waals surface area (Å²) in [6, 6.07) is -0.151. The summed E-state index contributed by atoms with van der Waals surface area (Å²) in [5, 5.41) is 18.3. The molecule has 138 valence electrons. The second-order valence-corrected chi connectivity index (χ2v) is 6.77. The van der Waals surface area contributed by atoms with Gasteiger partial charge in [-0.1, -0.05) is 19.3 Å². The van der Waals surface area contributed by atoms with Crippen molar-refractivity contribution in [2.75, 3.05) is 13.2 Å². The number of rotatable bonds is 6. The Labute approximate surface area is 143 Å².